The van der Waals surface area contributed by atoms with Crippen molar-refractivity contribution in [3.05, 3.63) is 12.3 Å². The van der Waals surface area contributed by atoms with Crippen LogP contribution in [0.4, 0.5) is 9.18 Å². The van der Waals surface area contributed by atoms with E-state index in [1.54, 1.807) is 20.8 Å². The summed E-state index contributed by atoms with van der Waals surface area (Å²) in [4.78, 5) is 23.4. The number of halogens is 1. The standard InChI is InChI=1S/C13H22FNO3/c1-6-7-15(10(2)8-11(14)9-16)12(17)18-13(3,4)5/h9,11H,2,6-8H2,1,3-5H3/t11-/m1/s1. The predicted molar refractivity (Wildman–Crippen MR) is 67.9 cm³/mol. The van der Waals surface area contributed by atoms with Gasteiger partial charge in [0.2, 0.25) is 0 Å². The molecule has 0 fully saturated rings. The van der Waals surface area contributed by atoms with Crippen LogP contribution < -0.4 is 0 Å². The lowest BCUT2D eigenvalue weighted by molar-refractivity contribution is -0.112. The number of aldehydes is 1. The Bertz CT molecular complexity index is 310. The van der Waals surface area contributed by atoms with E-state index in [4.69, 9.17) is 4.74 Å². The minimum Gasteiger partial charge on any atom is -0.443 e. The minimum absolute atomic E-state index is 0.192. The smallest absolute Gasteiger partial charge is 0.414 e. The molecular weight excluding hydrogens is 237 g/mol. The van der Waals surface area contributed by atoms with Gasteiger partial charge in [0.25, 0.3) is 0 Å². The van der Waals surface area contributed by atoms with E-state index in [1.807, 2.05) is 6.92 Å². The van der Waals surface area contributed by atoms with Crippen molar-refractivity contribution in [2.24, 2.45) is 0 Å². The van der Waals surface area contributed by atoms with Gasteiger partial charge in [0, 0.05) is 18.7 Å². The van der Waals surface area contributed by atoms with Gasteiger partial charge in [0.05, 0.1) is 0 Å². The second kappa shape index (κ2) is 7.13. The molecule has 0 spiro atoms. The van der Waals surface area contributed by atoms with E-state index < -0.39 is 17.9 Å². The highest BCUT2D eigenvalue weighted by atomic mass is 19.1. The molecule has 0 unspecified atom stereocenters. The fourth-order valence-corrected chi connectivity index (χ4v) is 1.30. The van der Waals surface area contributed by atoms with Crippen molar-refractivity contribution in [2.75, 3.05) is 6.54 Å². The average molecular weight is 259 g/mol. The zero-order chi connectivity index (χ0) is 14.3. The molecule has 0 saturated heterocycles. The summed E-state index contributed by atoms with van der Waals surface area (Å²) in [6.45, 7) is 11.2. The maximum absolute atomic E-state index is 13.0. The normalized spacial score (nSPS) is 12.7. The van der Waals surface area contributed by atoms with Gasteiger partial charge in [-0.3, -0.25) is 4.90 Å². The van der Waals surface area contributed by atoms with Crippen LogP contribution >= 0.6 is 0 Å². The number of alkyl halides is 1. The van der Waals surface area contributed by atoms with Crippen LogP contribution in [0.2, 0.25) is 0 Å². The molecule has 4 nitrogen and oxygen atoms in total. The number of hydrogen-bond acceptors (Lipinski definition) is 3. The molecule has 0 aliphatic heterocycles. The highest BCUT2D eigenvalue weighted by molar-refractivity contribution is 5.70. The van der Waals surface area contributed by atoms with E-state index >= 15 is 0 Å². The van der Waals surface area contributed by atoms with Gasteiger partial charge in [-0.2, -0.15) is 0 Å². The Morgan fingerprint density at radius 1 is 1.50 bits per heavy atom. The van der Waals surface area contributed by atoms with E-state index in [-0.39, 0.29) is 18.4 Å². The van der Waals surface area contributed by atoms with Crippen molar-refractivity contribution in [3.8, 4) is 0 Å². The van der Waals surface area contributed by atoms with Crippen molar-refractivity contribution in [1.82, 2.24) is 4.90 Å². The summed E-state index contributed by atoms with van der Waals surface area (Å²) >= 11 is 0. The maximum Gasteiger partial charge on any atom is 0.414 e. The SMILES string of the molecule is C=C(C[C@@H](F)C=O)N(CCC)C(=O)OC(C)(C)C. The summed E-state index contributed by atoms with van der Waals surface area (Å²) in [5.41, 5.74) is -0.367. The third kappa shape index (κ3) is 6.37. The molecule has 0 N–H and O–H groups in total. The number of rotatable bonds is 6. The monoisotopic (exact) mass is 259 g/mol. The molecule has 1 atom stereocenters. The molecule has 0 aromatic heterocycles. The van der Waals surface area contributed by atoms with Crippen LogP contribution in [0.5, 0.6) is 0 Å². The van der Waals surface area contributed by atoms with Gasteiger partial charge in [-0.05, 0) is 27.2 Å². The molecule has 0 saturated carbocycles. The first kappa shape index (κ1) is 16.6. The molecule has 0 heterocycles. The second-order valence-electron chi connectivity index (χ2n) is 5.05. The van der Waals surface area contributed by atoms with Gasteiger partial charge in [0.15, 0.2) is 12.5 Å². The van der Waals surface area contributed by atoms with Gasteiger partial charge in [0.1, 0.15) is 5.60 Å². The molecule has 0 aromatic rings. The molecule has 0 aliphatic carbocycles. The largest absolute Gasteiger partial charge is 0.443 e. The summed E-state index contributed by atoms with van der Waals surface area (Å²) in [5.74, 6) is 0. The molecule has 0 radical (unpaired) electrons. The van der Waals surface area contributed by atoms with E-state index in [2.05, 4.69) is 6.58 Å². The zero-order valence-electron chi connectivity index (χ0n) is 11.5. The van der Waals surface area contributed by atoms with Gasteiger partial charge >= 0.3 is 6.09 Å². The minimum atomic E-state index is -1.64. The molecule has 0 aromatic carbocycles. The molecule has 0 bridgehead atoms. The Hall–Kier alpha value is -1.39. The summed E-state index contributed by atoms with van der Waals surface area (Å²) in [6, 6.07) is 0. The van der Waals surface area contributed by atoms with Crippen molar-refractivity contribution in [3.63, 3.8) is 0 Å². The van der Waals surface area contributed by atoms with Crippen LogP contribution in [0, 0.1) is 0 Å². The molecule has 5 heteroatoms. The van der Waals surface area contributed by atoms with E-state index in [1.165, 1.54) is 4.90 Å². The number of nitrogens with zero attached hydrogens (tertiary/aromatic N) is 1. The maximum atomic E-state index is 13.0. The molecule has 104 valence electrons. The fourth-order valence-electron chi connectivity index (χ4n) is 1.30. The summed E-state index contributed by atoms with van der Waals surface area (Å²) < 4.78 is 18.2. The lowest BCUT2D eigenvalue weighted by Gasteiger charge is -2.28. The van der Waals surface area contributed by atoms with Crippen LogP contribution in [0.1, 0.15) is 40.5 Å². The summed E-state index contributed by atoms with van der Waals surface area (Å²) in [6.07, 6.45) is -1.50. The van der Waals surface area contributed by atoms with Crippen LogP contribution in [-0.2, 0) is 9.53 Å². The quantitative estimate of drug-likeness (QED) is 0.689. The predicted octanol–water partition coefficient (Wildman–Crippen LogP) is 3.07. The number of allylic oxidation sites excluding steroid dienone is 1. The summed E-state index contributed by atoms with van der Waals surface area (Å²) in [5, 5.41) is 0. The summed E-state index contributed by atoms with van der Waals surface area (Å²) in [7, 11) is 0. The highest BCUT2D eigenvalue weighted by Gasteiger charge is 2.24. The van der Waals surface area contributed by atoms with Crippen LogP contribution in [0.25, 0.3) is 0 Å². The van der Waals surface area contributed by atoms with Gasteiger partial charge in [-0.15, -0.1) is 0 Å². The van der Waals surface area contributed by atoms with Crippen molar-refractivity contribution >= 4 is 12.4 Å². The Balaban J connectivity index is 4.68. The Labute approximate surface area is 108 Å². The van der Waals surface area contributed by atoms with Crippen LogP contribution in [0.3, 0.4) is 0 Å². The van der Waals surface area contributed by atoms with Crippen molar-refractivity contribution in [2.45, 2.75) is 52.3 Å². The Kier molecular flexibility index (Phi) is 6.58. The van der Waals surface area contributed by atoms with Crippen LogP contribution in [-0.4, -0.2) is 35.6 Å². The number of hydrogen-bond donors (Lipinski definition) is 0. The number of carbonyl (C=O) groups is 2. The van der Waals surface area contributed by atoms with Crippen molar-refractivity contribution in [1.29, 1.82) is 0 Å². The zero-order valence-corrected chi connectivity index (χ0v) is 11.5. The molecule has 1 amide bonds. The topological polar surface area (TPSA) is 46.6 Å². The molecule has 0 aliphatic rings. The Morgan fingerprint density at radius 3 is 2.44 bits per heavy atom. The fraction of sp³-hybridized carbons (Fsp3) is 0.692. The first-order valence-corrected chi connectivity index (χ1v) is 5.99. The average Bonchev–Trinajstić information content (AvgIpc) is 2.22. The van der Waals surface area contributed by atoms with Gasteiger partial charge in [-0.25, -0.2) is 9.18 Å². The third-order valence-electron chi connectivity index (χ3n) is 2.02. The van der Waals surface area contributed by atoms with E-state index in [9.17, 15) is 14.0 Å². The first-order valence-electron chi connectivity index (χ1n) is 5.99. The van der Waals surface area contributed by atoms with E-state index in [0.29, 0.717) is 13.0 Å². The van der Waals surface area contributed by atoms with E-state index in [0.717, 1.165) is 0 Å². The molecular formula is C13H22FNO3. The van der Waals surface area contributed by atoms with Gasteiger partial charge in [-0.1, -0.05) is 13.5 Å². The van der Waals surface area contributed by atoms with Gasteiger partial charge < -0.3 is 9.53 Å². The second-order valence-corrected chi connectivity index (χ2v) is 5.05. The molecule has 0 rings (SSSR count). The number of carbonyl (C=O) groups excluding carboxylic acids is 2. The van der Waals surface area contributed by atoms with Crippen molar-refractivity contribution < 1.29 is 18.7 Å². The highest BCUT2D eigenvalue weighted by Crippen LogP contribution is 2.17. The lowest BCUT2D eigenvalue weighted by atomic mass is 10.2. The first-order chi connectivity index (χ1) is 8.21. The Morgan fingerprint density at radius 2 is 2.06 bits per heavy atom. The molecule has 18 heavy (non-hydrogen) atoms. The number of amides is 1. The lowest BCUT2D eigenvalue weighted by Crippen LogP contribution is -2.37. The third-order valence-corrected chi connectivity index (χ3v) is 2.02. The van der Waals surface area contributed by atoms with Crippen LogP contribution in [0.15, 0.2) is 12.3 Å². The number of ether oxygens (including phenoxy) is 1.